The minimum Gasteiger partial charge on any atom is -0.393 e. The number of hydrogen-bond donors (Lipinski definition) is 2. The summed E-state index contributed by atoms with van der Waals surface area (Å²) in [6.07, 6.45) is 11.2. The Kier molecular flexibility index (Phi) is 3.74. The Balaban J connectivity index is 1.70. The number of aliphatic hydroxyl groups excluding tert-OH is 2. The minimum absolute atomic E-state index is 0.0928. The maximum atomic E-state index is 10.8. The van der Waals surface area contributed by atoms with Gasteiger partial charge in [0.05, 0.1) is 12.2 Å². The summed E-state index contributed by atoms with van der Waals surface area (Å²) in [5.74, 6) is 2.92. The first-order valence-corrected chi connectivity index (χ1v) is 9.95. The number of allylic oxidation sites excluding steroid dienone is 1. The Morgan fingerprint density at radius 2 is 1.96 bits per heavy atom. The van der Waals surface area contributed by atoms with Crippen LogP contribution in [0.25, 0.3) is 0 Å². The molecule has 4 rings (SSSR count). The van der Waals surface area contributed by atoms with Crippen LogP contribution < -0.4 is 0 Å². The van der Waals surface area contributed by atoms with Gasteiger partial charge in [-0.3, -0.25) is 0 Å². The summed E-state index contributed by atoms with van der Waals surface area (Å²) in [5.41, 5.74) is 2.01. The summed E-state index contributed by atoms with van der Waals surface area (Å²) in [7, 11) is 0. The van der Waals surface area contributed by atoms with Crippen LogP contribution >= 0.6 is 0 Å². The van der Waals surface area contributed by atoms with Crippen LogP contribution in [0.3, 0.4) is 0 Å². The molecule has 0 heterocycles. The molecule has 0 aromatic rings. The van der Waals surface area contributed by atoms with Crippen molar-refractivity contribution < 1.29 is 10.2 Å². The summed E-state index contributed by atoms with van der Waals surface area (Å²) in [5, 5.41) is 20.8. The zero-order valence-electron chi connectivity index (χ0n) is 15.1. The molecule has 130 valence electrons. The zero-order chi connectivity index (χ0) is 16.4. The predicted octanol–water partition coefficient (Wildman–Crippen LogP) is 4.31. The minimum atomic E-state index is -0.114. The molecule has 0 amide bonds. The highest BCUT2D eigenvalue weighted by molar-refractivity contribution is 5.25. The number of aliphatic hydroxyl groups is 2. The van der Waals surface area contributed by atoms with E-state index < -0.39 is 0 Å². The van der Waals surface area contributed by atoms with Gasteiger partial charge >= 0.3 is 0 Å². The van der Waals surface area contributed by atoms with Crippen LogP contribution in [0.1, 0.15) is 72.1 Å². The first kappa shape index (κ1) is 16.1. The van der Waals surface area contributed by atoms with Crippen LogP contribution in [-0.2, 0) is 0 Å². The lowest BCUT2D eigenvalue weighted by molar-refractivity contribution is -0.0791. The van der Waals surface area contributed by atoms with E-state index in [1.54, 1.807) is 5.57 Å². The number of hydrogen-bond acceptors (Lipinski definition) is 2. The van der Waals surface area contributed by atoms with Crippen LogP contribution in [0.4, 0.5) is 0 Å². The SMILES string of the molecule is CC[C@H]1C[C@H](O)[C@@]2(C)CC[C@H]3[C@@H](CC=C4C[C@@H](O)CC[C@@]43C)[C@H]12. The molecule has 4 aliphatic carbocycles. The van der Waals surface area contributed by atoms with Crippen molar-refractivity contribution in [1.29, 1.82) is 0 Å². The summed E-state index contributed by atoms with van der Waals surface area (Å²) in [6, 6.07) is 0. The van der Waals surface area contributed by atoms with Gasteiger partial charge in [0.15, 0.2) is 0 Å². The van der Waals surface area contributed by atoms with Crippen molar-refractivity contribution in [3.63, 3.8) is 0 Å². The van der Waals surface area contributed by atoms with E-state index in [0.29, 0.717) is 17.3 Å². The fourth-order valence-corrected chi connectivity index (χ4v) is 7.32. The average molecular weight is 319 g/mol. The van der Waals surface area contributed by atoms with E-state index in [2.05, 4.69) is 26.8 Å². The van der Waals surface area contributed by atoms with Crippen LogP contribution in [0.5, 0.6) is 0 Å². The van der Waals surface area contributed by atoms with Crippen molar-refractivity contribution in [2.24, 2.45) is 34.5 Å². The van der Waals surface area contributed by atoms with Gasteiger partial charge in [0.1, 0.15) is 0 Å². The third-order valence-electron chi connectivity index (χ3n) is 8.69. The predicted molar refractivity (Wildman–Crippen MR) is 92.9 cm³/mol. The normalized spacial score (nSPS) is 55.6. The molecule has 0 radical (unpaired) electrons. The highest BCUT2D eigenvalue weighted by atomic mass is 16.3. The molecule has 0 bridgehead atoms. The van der Waals surface area contributed by atoms with Crippen LogP contribution in [0, 0.1) is 34.5 Å². The Bertz CT molecular complexity index is 512. The first-order chi connectivity index (χ1) is 10.9. The lowest BCUT2D eigenvalue weighted by atomic mass is 9.47. The standard InChI is InChI=1S/C21H34O2/c1-4-13-11-18(23)21(3)10-8-17-16(19(13)21)6-5-14-12-15(22)7-9-20(14,17)2/h5,13,15-19,22-23H,4,6-12H2,1-3H3/t13-,15-,16+,17-,18-,19-,20-,21+/m0/s1. The average Bonchev–Trinajstić information content (AvgIpc) is 2.79. The summed E-state index contributed by atoms with van der Waals surface area (Å²) in [4.78, 5) is 0. The zero-order valence-corrected chi connectivity index (χ0v) is 15.1. The van der Waals surface area contributed by atoms with E-state index in [1.807, 2.05) is 0 Å². The molecule has 0 spiro atoms. The lowest BCUT2D eigenvalue weighted by Gasteiger charge is -2.58. The molecule has 0 unspecified atom stereocenters. The van der Waals surface area contributed by atoms with E-state index in [0.717, 1.165) is 37.5 Å². The van der Waals surface area contributed by atoms with Gasteiger partial charge in [-0.1, -0.05) is 38.8 Å². The molecule has 8 atom stereocenters. The van der Waals surface area contributed by atoms with E-state index in [1.165, 1.54) is 25.7 Å². The molecule has 0 aromatic heterocycles. The molecule has 3 saturated carbocycles. The Morgan fingerprint density at radius 3 is 2.70 bits per heavy atom. The molecule has 23 heavy (non-hydrogen) atoms. The second kappa shape index (κ2) is 5.33. The maximum Gasteiger partial charge on any atom is 0.0599 e. The topological polar surface area (TPSA) is 40.5 Å². The fraction of sp³-hybridized carbons (Fsp3) is 0.905. The maximum absolute atomic E-state index is 10.8. The Labute approximate surface area is 141 Å². The first-order valence-electron chi connectivity index (χ1n) is 9.95. The molecule has 0 aliphatic heterocycles. The quantitative estimate of drug-likeness (QED) is 0.707. The largest absolute Gasteiger partial charge is 0.393 e. The van der Waals surface area contributed by atoms with Gasteiger partial charge in [-0.2, -0.15) is 0 Å². The van der Waals surface area contributed by atoms with Crippen LogP contribution in [0.15, 0.2) is 11.6 Å². The second-order valence-electron chi connectivity index (χ2n) is 9.54. The van der Waals surface area contributed by atoms with Gasteiger partial charge in [0.2, 0.25) is 0 Å². The van der Waals surface area contributed by atoms with Crippen molar-refractivity contribution in [3.8, 4) is 0 Å². The monoisotopic (exact) mass is 318 g/mol. The summed E-state index contributed by atoms with van der Waals surface area (Å²) in [6.45, 7) is 7.17. The molecule has 2 nitrogen and oxygen atoms in total. The van der Waals surface area contributed by atoms with Crippen molar-refractivity contribution in [2.45, 2.75) is 84.3 Å². The van der Waals surface area contributed by atoms with Gasteiger partial charge in [-0.05, 0) is 79.4 Å². The molecular formula is C21H34O2. The van der Waals surface area contributed by atoms with Crippen LogP contribution in [0.2, 0.25) is 0 Å². The van der Waals surface area contributed by atoms with Crippen molar-refractivity contribution in [3.05, 3.63) is 11.6 Å². The summed E-state index contributed by atoms with van der Waals surface area (Å²) >= 11 is 0. The van der Waals surface area contributed by atoms with E-state index in [-0.39, 0.29) is 17.6 Å². The Hall–Kier alpha value is -0.340. The van der Waals surface area contributed by atoms with Crippen molar-refractivity contribution >= 4 is 0 Å². The molecule has 4 aliphatic rings. The van der Waals surface area contributed by atoms with Gasteiger partial charge in [0, 0.05) is 0 Å². The molecule has 2 heteroatoms. The van der Waals surface area contributed by atoms with E-state index in [9.17, 15) is 10.2 Å². The smallest absolute Gasteiger partial charge is 0.0599 e. The molecule has 2 N–H and O–H groups in total. The highest BCUT2D eigenvalue weighted by Crippen LogP contribution is 2.66. The lowest BCUT2D eigenvalue weighted by Crippen LogP contribution is -2.52. The number of rotatable bonds is 1. The Morgan fingerprint density at radius 1 is 1.17 bits per heavy atom. The summed E-state index contributed by atoms with van der Waals surface area (Å²) < 4.78 is 0. The van der Waals surface area contributed by atoms with Gasteiger partial charge in [-0.15, -0.1) is 0 Å². The van der Waals surface area contributed by atoms with E-state index >= 15 is 0 Å². The van der Waals surface area contributed by atoms with Crippen molar-refractivity contribution in [1.82, 2.24) is 0 Å². The van der Waals surface area contributed by atoms with Crippen molar-refractivity contribution in [2.75, 3.05) is 0 Å². The van der Waals surface area contributed by atoms with Gasteiger partial charge in [0.25, 0.3) is 0 Å². The highest BCUT2D eigenvalue weighted by Gasteiger charge is 2.60. The third kappa shape index (κ3) is 2.13. The second-order valence-corrected chi connectivity index (χ2v) is 9.54. The van der Waals surface area contributed by atoms with Gasteiger partial charge < -0.3 is 10.2 Å². The molecular weight excluding hydrogens is 284 g/mol. The van der Waals surface area contributed by atoms with Crippen LogP contribution in [-0.4, -0.2) is 22.4 Å². The number of fused-ring (bicyclic) bond motifs is 5. The van der Waals surface area contributed by atoms with Gasteiger partial charge in [-0.25, -0.2) is 0 Å². The fourth-order valence-electron chi connectivity index (χ4n) is 7.32. The molecule has 0 aromatic carbocycles. The molecule has 3 fully saturated rings. The molecule has 0 saturated heterocycles. The van der Waals surface area contributed by atoms with E-state index in [4.69, 9.17) is 0 Å². The third-order valence-corrected chi connectivity index (χ3v) is 8.69.